The fourth-order valence-electron chi connectivity index (χ4n) is 3.00. The predicted molar refractivity (Wildman–Crippen MR) is 89.8 cm³/mol. The second kappa shape index (κ2) is 7.25. The molecular formula is C18H25N3O. The number of rotatable bonds is 7. The number of hydrogen-bond acceptors (Lipinski definition) is 2. The third-order valence-corrected chi connectivity index (χ3v) is 4.02. The number of hydrogen-bond donors (Lipinski definition) is 1. The number of aromatic nitrogens is 2. The van der Waals surface area contributed by atoms with Crippen molar-refractivity contribution in [3.8, 4) is 11.3 Å². The molecular weight excluding hydrogens is 274 g/mol. The molecule has 0 unspecified atom stereocenters. The summed E-state index contributed by atoms with van der Waals surface area (Å²) in [5, 5.41) is 0. The van der Waals surface area contributed by atoms with Crippen molar-refractivity contribution in [2.24, 2.45) is 5.73 Å². The summed E-state index contributed by atoms with van der Waals surface area (Å²) < 4.78 is 2.26. The van der Waals surface area contributed by atoms with Gasteiger partial charge in [-0.2, -0.15) is 0 Å². The molecule has 0 atom stereocenters. The maximum Gasteiger partial charge on any atom is 0.251 e. The summed E-state index contributed by atoms with van der Waals surface area (Å²) in [6.45, 7) is 7.23. The van der Waals surface area contributed by atoms with E-state index in [4.69, 9.17) is 5.73 Å². The van der Waals surface area contributed by atoms with Crippen LogP contribution in [0.15, 0.2) is 24.4 Å². The monoisotopic (exact) mass is 299 g/mol. The van der Waals surface area contributed by atoms with Crippen LogP contribution in [0.3, 0.4) is 0 Å². The first-order valence-corrected chi connectivity index (χ1v) is 8.04. The molecule has 0 aliphatic carbocycles. The highest BCUT2D eigenvalue weighted by molar-refractivity contribution is 6.01. The van der Waals surface area contributed by atoms with Gasteiger partial charge in [0.15, 0.2) is 0 Å². The minimum absolute atomic E-state index is 0.370. The van der Waals surface area contributed by atoms with E-state index in [1.54, 1.807) is 6.20 Å². The van der Waals surface area contributed by atoms with Gasteiger partial charge in [-0.3, -0.25) is 9.78 Å². The normalized spacial score (nSPS) is 10.9. The van der Waals surface area contributed by atoms with Gasteiger partial charge in [0.05, 0.1) is 11.3 Å². The van der Waals surface area contributed by atoms with Crippen LogP contribution >= 0.6 is 0 Å². The lowest BCUT2D eigenvalue weighted by molar-refractivity contribution is 0.1000. The zero-order chi connectivity index (χ0) is 16.1. The molecule has 2 rings (SSSR count). The van der Waals surface area contributed by atoms with E-state index < -0.39 is 0 Å². The van der Waals surface area contributed by atoms with Crippen molar-refractivity contribution in [2.45, 2.75) is 53.0 Å². The number of nitrogens with two attached hydrogens (primary N) is 1. The van der Waals surface area contributed by atoms with Crippen molar-refractivity contribution in [2.75, 3.05) is 0 Å². The van der Waals surface area contributed by atoms with Crippen LogP contribution in [0.25, 0.3) is 11.3 Å². The lowest BCUT2D eigenvalue weighted by Gasteiger charge is -2.12. The van der Waals surface area contributed by atoms with Gasteiger partial charge >= 0.3 is 0 Å². The van der Waals surface area contributed by atoms with Crippen molar-refractivity contribution in [1.29, 1.82) is 0 Å². The lowest BCUT2D eigenvalue weighted by atomic mass is 10.0. The van der Waals surface area contributed by atoms with E-state index in [1.165, 1.54) is 5.69 Å². The molecule has 0 radical (unpaired) electrons. The maximum absolute atomic E-state index is 12.0. The summed E-state index contributed by atoms with van der Waals surface area (Å²) in [7, 11) is 0. The molecule has 4 nitrogen and oxygen atoms in total. The molecule has 118 valence electrons. The van der Waals surface area contributed by atoms with Crippen LogP contribution in [-0.2, 0) is 13.0 Å². The average Bonchev–Trinajstić information content (AvgIpc) is 2.79. The van der Waals surface area contributed by atoms with Crippen LogP contribution in [0.1, 0.15) is 54.9 Å². The lowest BCUT2D eigenvalue weighted by Crippen LogP contribution is -2.13. The van der Waals surface area contributed by atoms with Crippen molar-refractivity contribution < 1.29 is 4.79 Å². The van der Waals surface area contributed by atoms with E-state index in [1.807, 2.05) is 25.1 Å². The second-order valence-corrected chi connectivity index (χ2v) is 5.62. The smallest absolute Gasteiger partial charge is 0.251 e. The number of nitrogens with zero attached hydrogens (tertiary/aromatic N) is 2. The highest BCUT2D eigenvalue weighted by atomic mass is 16.1. The fourth-order valence-corrected chi connectivity index (χ4v) is 3.00. The van der Waals surface area contributed by atoms with Crippen molar-refractivity contribution in [3.63, 3.8) is 0 Å². The SMILES string of the molecule is CCCCn1c(C)c(C(N)=O)c(-c2ccccn2)c1CCC. The van der Waals surface area contributed by atoms with Gasteiger partial charge in [-0.25, -0.2) is 0 Å². The highest BCUT2D eigenvalue weighted by Gasteiger charge is 2.24. The molecule has 0 spiro atoms. The summed E-state index contributed by atoms with van der Waals surface area (Å²) in [6, 6.07) is 5.78. The molecule has 2 aromatic rings. The quantitative estimate of drug-likeness (QED) is 0.847. The molecule has 2 heterocycles. The third-order valence-electron chi connectivity index (χ3n) is 4.02. The Balaban J connectivity index is 2.69. The first kappa shape index (κ1) is 16.3. The minimum Gasteiger partial charge on any atom is -0.366 e. The average molecular weight is 299 g/mol. The van der Waals surface area contributed by atoms with Gasteiger partial charge in [0.1, 0.15) is 0 Å². The first-order chi connectivity index (χ1) is 10.6. The molecule has 0 bridgehead atoms. The van der Waals surface area contributed by atoms with Gasteiger partial charge in [0, 0.05) is 29.7 Å². The number of unbranched alkanes of at least 4 members (excludes halogenated alkanes) is 1. The third kappa shape index (κ3) is 3.06. The van der Waals surface area contributed by atoms with Gasteiger partial charge in [0.2, 0.25) is 0 Å². The molecule has 0 fully saturated rings. The van der Waals surface area contributed by atoms with Gasteiger partial charge in [-0.15, -0.1) is 0 Å². The number of carbonyl (C=O) groups is 1. The Kier molecular flexibility index (Phi) is 5.36. The van der Waals surface area contributed by atoms with Crippen LogP contribution in [0.5, 0.6) is 0 Å². The highest BCUT2D eigenvalue weighted by Crippen LogP contribution is 2.32. The molecule has 0 aliphatic rings. The predicted octanol–water partition coefficient (Wildman–Crippen LogP) is 3.71. The first-order valence-electron chi connectivity index (χ1n) is 8.04. The van der Waals surface area contributed by atoms with Gasteiger partial charge in [-0.05, 0) is 31.9 Å². The Labute approximate surface area is 132 Å². The molecule has 0 saturated carbocycles. The molecule has 1 amide bonds. The van der Waals surface area contributed by atoms with Crippen molar-refractivity contribution in [1.82, 2.24) is 9.55 Å². The standard InChI is InChI=1S/C18H25N3O/c1-4-6-12-21-13(3)16(18(19)22)17(15(21)9-5-2)14-10-7-8-11-20-14/h7-8,10-11H,4-6,9,12H2,1-3H3,(H2,19,22). The number of primary amides is 1. The molecule has 0 aliphatic heterocycles. The van der Waals surface area contributed by atoms with E-state index in [0.29, 0.717) is 5.56 Å². The van der Waals surface area contributed by atoms with Gasteiger partial charge in [-0.1, -0.05) is 32.8 Å². The number of carbonyl (C=O) groups excluding carboxylic acids is 1. The van der Waals surface area contributed by atoms with Crippen molar-refractivity contribution >= 4 is 5.91 Å². The van der Waals surface area contributed by atoms with Crippen LogP contribution in [0.4, 0.5) is 0 Å². The fraction of sp³-hybridized carbons (Fsp3) is 0.444. The van der Waals surface area contributed by atoms with E-state index in [-0.39, 0.29) is 5.91 Å². The van der Waals surface area contributed by atoms with Crippen LogP contribution in [0, 0.1) is 6.92 Å². The topological polar surface area (TPSA) is 60.9 Å². The summed E-state index contributed by atoms with van der Waals surface area (Å²) in [6.07, 6.45) is 5.91. The van der Waals surface area contributed by atoms with Crippen molar-refractivity contribution in [3.05, 3.63) is 41.3 Å². The van der Waals surface area contributed by atoms with E-state index in [2.05, 4.69) is 23.4 Å². The Morgan fingerprint density at radius 1 is 1.27 bits per heavy atom. The van der Waals surface area contributed by atoms with Gasteiger partial charge < -0.3 is 10.3 Å². The van der Waals surface area contributed by atoms with E-state index in [0.717, 1.165) is 49.2 Å². The van der Waals surface area contributed by atoms with E-state index >= 15 is 0 Å². The maximum atomic E-state index is 12.0. The van der Waals surface area contributed by atoms with Gasteiger partial charge in [0.25, 0.3) is 5.91 Å². The summed E-state index contributed by atoms with van der Waals surface area (Å²) in [5.74, 6) is -0.370. The Morgan fingerprint density at radius 3 is 2.59 bits per heavy atom. The zero-order valence-electron chi connectivity index (χ0n) is 13.7. The molecule has 2 N–H and O–H groups in total. The largest absolute Gasteiger partial charge is 0.366 e. The van der Waals surface area contributed by atoms with Crippen LogP contribution in [-0.4, -0.2) is 15.5 Å². The Bertz CT molecular complexity index is 644. The molecule has 2 aromatic heterocycles. The summed E-state index contributed by atoms with van der Waals surface area (Å²) in [4.78, 5) is 16.5. The Morgan fingerprint density at radius 2 is 2.05 bits per heavy atom. The zero-order valence-corrected chi connectivity index (χ0v) is 13.7. The van der Waals surface area contributed by atoms with Crippen LogP contribution in [0.2, 0.25) is 0 Å². The minimum atomic E-state index is -0.370. The number of pyridine rings is 1. The molecule has 4 heteroatoms. The summed E-state index contributed by atoms with van der Waals surface area (Å²) >= 11 is 0. The number of amides is 1. The molecule has 22 heavy (non-hydrogen) atoms. The Hall–Kier alpha value is -2.10. The van der Waals surface area contributed by atoms with Crippen LogP contribution < -0.4 is 5.73 Å². The second-order valence-electron chi connectivity index (χ2n) is 5.62. The molecule has 0 aromatic carbocycles. The van der Waals surface area contributed by atoms with E-state index in [9.17, 15) is 4.79 Å². The molecule has 0 saturated heterocycles. The summed E-state index contributed by atoms with van der Waals surface area (Å²) in [5.41, 5.74) is 10.2.